The van der Waals surface area contributed by atoms with Gasteiger partial charge in [0.25, 0.3) is 0 Å². The summed E-state index contributed by atoms with van der Waals surface area (Å²) >= 11 is 6.23. The summed E-state index contributed by atoms with van der Waals surface area (Å²) in [5, 5.41) is 8.47. The van der Waals surface area contributed by atoms with Crippen molar-refractivity contribution in [1.29, 1.82) is 0 Å². The molecule has 102 valence electrons. The molecular weight excluding hydrogens is 262 g/mol. The predicted molar refractivity (Wildman–Crippen MR) is 76.9 cm³/mol. The number of aromatic nitrogens is 2. The lowest BCUT2D eigenvalue weighted by molar-refractivity contribution is 0.199. The Morgan fingerprint density at radius 1 is 1.37 bits per heavy atom. The van der Waals surface area contributed by atoms with Crippen molar-refractivity contribution in [3.05, 3.63) is 46.7 Å². The largest absolute Gasteiger partial charge is 0.383 e. The number of nitrogens with one attached hydrogen (secondary N) is 1. The summed E-state index contributed by atoms with van der Waals surface area (Å²) in [6.45, 7) is 4.25. The van der Waals surface area contributed by atoms with E-state index in [4.69, 9.17) is 16.3 Å². The molecule has 0 saturated carbocycles. The maximum atomic E-state index is 6.23. The van der Waals surface area contributed by atoms with Gasteiger partial charge in [-0.1, -0.05) is 17.7 Å². The van der Waals surface area contributed by atoms with E-state index in [1.165, 1.54) is 0 Å². The van der Waals surface area contributed by atoms with Crippen molar-refractivity contribution in [3.8, 4) is 5.69 Å². The first-order valence-corrected chi connectivity index (χ1v) is 6.59. The number of aryl methyl sites for hydroxylation is 1. The van der Waals surface area contributed by atoms with E-state index in [9.17, 15) is 0 Å². The monoisotopic (exact) mass is 279 g/mol. The molecule has 0 radical (unpaired) electrons. The number of halogens is 1. The maximum absolute atomic E-state index is 6.23. The summed E-state index contributed by atoms with van der Waals surface area (Å²) in [4.78, 5) is 0. The Morgan fingerprint density at radius 3 is 2.95 bits per heavy atom. The van der Waals surface area contributed by atoms with Crippen molar-refractivity contribution < 1.29 is 4.74 Å². The second-order valence-corrected chi connectivity index (χ2v) is 4.78. The third kappa shape index (κ3) is 3.80. The molecule has 1 aromatic heterocycles. The highest BCUT2D eigenvalue weighted by Crippen LogP contribution is 2.21. The van der Waals surface area contributed by atoms with Crippen LogP contribution in [-0.2, 0) is 11.3 Å². The molecular formula is C14H18ClN3O. The second kappa shape index (κ2) is 6.70. The van der Waals surface area contributed by atoms with Gasteiger partial charge in [-0.3, -0.25) is 0 Å². The minimum Gasteiger partial charge on any atom is -0.383 e. The van der Waals surface area contributed by atoms with E-state index in [0.29, 0.717) is 11.6 Å². The summed E-state index contributed by atoms with van der Waals surface area (Å²) in [7, 11) is 1.69. The average molecular weight is 280 g/mol. The number of nitrogens with zero attached hydrogens (tertiary/aromatic N) is 2. The van der Waals surface area contributed by atoms with Crippen LogP contribution in [0.2, 0.25) is 5.02 Å². The zero-order valence-corrected chi connectivity index (χ0v) is 11.9. The zero-order valence-electron chi connectivity index (χ0n) is 11.2. The molecule has 0 aliphatic rings. The smallest absolute Gasteiger partial charge is 0.0832 e. The molecule has 19 heavy (non-hydrogen) atoms. The van der Waals surface area contributed by atoms with E-state index in [1.807, 2.05) is 37.4 Å². The van der Waals surface area contributed by atoms with Gasteiger partial charge < -0.3 is 10.1 Å². The van der Waals surface area contributed by atoms with E-state index in [-0.39, 0.29) is 0 Å². The molecule has 1 N–H and O–H groups in total. The van der Waals surface area contributed by atoms with Crippen molar-refractivity contribution in [2.24, 2.45) is 0 Å². The Bertz CT molecular complexity index is 539. The molecule has 1 aromatic carbocycles. The van der Waals surface area contributed by atoms with Crippen molar-refractivity contribution in [3.63, 3.8) is 0 Å². The number of benzene rings is 1. The molecule has 1 heterocycles. The highest BCUT2D eigenvalue weighted by Gasteiger charge is 2.05. The van der Waals surface area contributed by atoms with Crippen LogP contribution in [0.1, 0.15) is 11.3 Å². The van der Waals surface area contributed by atoms with Gasteiger partial charge in [0.05, 0.1) is 23.0 Å². The molecule has 5 heteroatoms. The number of methoxy groups -OCH3 is 1. The first-order valence-electron chi connectivity index (χ1n) is 6.21. The minimum absolute atomic E-state index is 0.699. The van der Waals surface area contributed by atoms with Crippen LogP contribution in [0.3, 0.4) is 0 Å². The van der Waals surface area contributed by atoms with Gasteiger partial charge >= 0.3 is 0 Å². The van der Waals surface area contributed by atoms with E-state index in [0.717, 1.165) is 30.0 Å². The van der Waals surface area contributed by atoms with Gasteiger partial charge in [0, 0.05) is 26.4 Å². The summed E-state index contributed by atoms with van der Waals surface area (Å²) < 4.78 is 6.78. The molecule has 0 saturated heterocycles. The Labute approximate surface area is 118 Å². The van der Waals surface area contributed by atoms with Crippen molar-refractivity contribution in [2.75, 3.05) is 20.3 Å². The highest BCUT2D eigenvalue weighted by atomic mass is 35.5. The van der Waals surface area contributed by atoms with Crippen LogP contribution in [0, 0.1) is 6.92 Å². The third-order valence-electron chi connectivity index (χ3n) is 2.78. The van der Waals surface area contributed by atoms with Crippen LogP contribution in [0.25, 0.3) is 5.69 Å². The lowest BCUT2D eigenvalue weighted by Gasteiger charge is -2.05. The molecule has 2 rings (SSSR count). The fraction of sp³-hybridized carbons (Fsp3) is 0.357. The molecule has 0 bridgehead atoms. The van der Waals surface area contributed by atoms with Gasteiger partial charge in [0.2, 0.25) is 0 Å². The molecule has 0 fully saturated rings. The van der Waals surface area contributed by atoms with E-state index < -0.39 is 0 Å². The van der Waals surface area contributed by atoms with Gasteiger partial charge in [-0.15, -0.1) is 0 Å². The van der Waals surface area contributed by atoms with Gasteiger partial charge in [-0.25, -0.2) is 4.68 Å². The van der Waals surface area contributed by atoms with Crippen LogP contribution in [0.4, 0.5) is 0 Å². The summed E-state index contributed by atoms with van der Waals surface area (Å²) in [5.74, 6) is 0. The number of hydrogen-bond acceptors (Lipinski definition) is 3. The summed E-state index contributed by atoms with van der Waals surface area (Å²) in [6, 6.07) is 7.93. The fourth-order valence-electron chi connectivity index (χ4n) is 1.78. The maximum Gasteiger partial charge on any atom is 0.0832 e. The van der Waals surface area contributed by atoms with Crippen LogP contribution in [0.15, 0.2) is 30.5 Å². The first kappa shape index (κ1) is 14.1. The first-order chi connectivity index (χ1) is 9.20. The van der Waals surface area contributed by atoms with E-state index in [1.54, 1.807) is 11.8 Å². The lowest BCUT2D eigenvalue weighted by Crippen LogP contribution is -2.18. The van der Waals surface area contributed by atoms with Crippen LogP contribution in [0.5, 0.6) is 0 Å². The van der Waals surface area contributed by atoms with Crippen LogP contribution < -0.4 is 5.32 Å². The number of rotatable bonds is 6. The molecule has 0 aliphatic carbocycles. The molecule has 4 nitrogen and oxygen atoms in total. The minimum atomic E-state index is 0.699. The Hall–Kier alpha value is -1.36. The molecule has 0 amide bonds. The normalized spacial score (nSPS) is 10.9. The quantitative estimate of drug-likeness (QED) is 0.826. The van der Waals surface area contributed by atoms with Crippen LogP contribution in [-0.4, -0.2) is 30.0 Å². The second-order valence-electron chi connectivity index (χ2n) is 4.38. The van der Waals surface area contributed by atoms with Crippen molar-refractivity contribution >= 4 is 11.6 Å². The predicted octanol–water partition coefficient (Wildman–Crippen LogP) is 2.57. The Balaban J connectivity index is 2.04. The molecule has 0 spiro atoms. The molecule has 0 unspecified atom stereocenters. The highest BCUT2D eigenvalue weighted by molar-refractivity contribution is 6.32. The van der Waals surface area contributed by atoms with Crippen molar-refractivity contribution in [1.82, 2.24) is 15.1 Å². The summed E-state index contributed by atoms with van der Waals surface area (Å²) in [6.07, 6.45) is 1.92. The molecule has 2 aromatic rings. The van der Waals surface area contributed by atoms with Gasteiger partial charge in [-0.2, -0.15) is 5.10 Å². The van der Waals surface area contributed by atoms with Crippen molar-refractivity contribution in [2.45, 2.75) is 13.5 Å². The standard InChI is InChI=1S/C14H18ClN3O/c1-11-3-4-14(13(15)9-11)18-7-5-12(17-18)10-16-6-8-19-2/h3-5,7,9,16H,6,8,10H2,1-2H3. The number of ether oxygens (including phenoxy) is 1. The molecule has 0 atom stereocenters. The van der Waals surface area contributed by atoms with Crippen LogP contribution >= 0.6 is 11.6 Å². The van der Waals surface area contributed by atoms with Gasteiger partial charge in [0.15, 0.2) is 0 Å². The average Bonchev–Trinajstić information content (AvgIpc) is 2.83. The lowest BCUT2D eigenvalue weighted by atomic mass is 10.2. The Morgan fingerprint density at radius 2 is 2.21 bits per heavy atom. The zero-order chi connectivity index (χ0) is 13.7. The SMILES string of the molecule is COCCNCc1ccn(-c2ccc(C)cc2Cl)n1. The van der Waals surface area contributed by atoms with Gasteiger partial charge in [-0.05, 0) is 30.7 Å². The fourth-order valence-corrected chi connectivity index (χ4v) is 2.10. The molecule has 0 aliphatic heterocycles. The third-order valence-corrected chi connectivity index (χ3v) is 3.09. The van der Waals surface area contributed by atoms with Gasteiger partial charge in [0.1, 0.15) is 0 Å². The Kier molecular flexibility index (Phi) is 4.96. The topological polar surface area (TPSA) is 39.1 Å². The summed E-state index contributed by atoms with van der Waals surface area (Å²) in [5.41, 5.74) is 3.02. The van der Waals surface area contributed by atoms with E-state index in [2.05, 4.69) is 10.4 Å². The number of hydrogen-bond donors (Lipinski definition) is 1. The van der Waals surface area contributed by atoms with E-state index >= 15 is 0 Å².